The van der Waals surface area contributed by atoms with Gasteiger partial charge in [-0.3, -0.25) is 9.78 Å². The molecule has 0 aromatic carbocycles. The molecule has 0 unspecified atom stereocenters. The van der Waals surface area contributed by atoms with Crippen LogP contribution in [0.3, 0.4) is 0 Å². The molecule has 0 saturated heterocycles. The highest BCUT2D eigenvalue weighted by molar-refractivity contribution is 6.42. The SMILES string of the molecule is COc1cnc2c(c1)c(C(=O)C(=O)O)c(C)n2Cc1ncc(Cl)cc1Cl. The van der Waals surface area contributed by atoms with Crippen LogP contribution in [0.25, 0.3) is 11.0 Å². The number of methoxy groups -OCH3 is 1. The topological polar surface area (TPSA) is 94.3 Å². The normalized spacial score (nSPS) is 10.9. The number of aliphatic carboxylic acids is 1. The predicted molar refractivity (Wildman–Crippen MR) is 96.3 cm³/mol. The lowest BCUT2D eigenvalue weighted by molar-refractivity contribution is -0.131. The van der Waals surface area contributed by atoms with Gasteiger partial charge in [0.05, 0.1) is 41.2 Å². The van der Waals surface area contributed by atoms with E-state index < -0.39 is 11.8 Å². The average molecular weight is 394 g/mol. The number of carbonyl (C=O) groups is 2. The van der Waals surface area contributed by atoms with Gasteiger partial charge in [-0.25, -0.2) is 9.78 Å². The number of fused-ring (bicyclic) bond motifs is 1. The molecular formula is C17H13Cl2N3O4. The summed E-state index contributed by atoms with van der Waals surface area (Å²) in [7, 11) is 1.46. The van der Waals surface area contributed by atoms with Crippen LogP contribution in [0.15, 0.2) is 24.5 Å². The first-order valence-electron chi connectivity index (χ1n) is 7.43. The van der Waals surface area contributed by atoms with Crippen molar-refractivity contribution in [3.05, 3.63) is 51.5 Å². The Morgan fingerprint density at radius 3 is 2.58 bits per heavy atom. The second-order valence-corrected chi connectivity index (χ2v) is 6.35. The van der Waals surface area contributed by atoms with E-state index in [1.807, 2.05) is 0 Å². The van der Waals surface area contributed by atoms with Crippen LogP contribution in [0, 0.1) is 6.92 Å². The summed E-state index contributed by atoms with van der Waals surface area (Å²) in [5.41, 5.74) is 1.45. The molecule has 0 atom stereocenters. The van der Waals surface area contributed by atoms with Crippen molar-refractivity contribution in [3.8, 4) is 5.75 Å². The highest BCUT2D eigenvalue weighted by Gasteiger charge is 2.26. The van der Waals surface area contributed by atoms with Gasteiger partial charge in [0.1, 0.15) is 11.4 Å². The van der Waals surface area contributed by atoms with E-state index in [-0.39, 0.29) is 12.1 Å². The zero-order valence-electron chi connectivity index (χ0n) is 13.8. The van der Waals surface area contributed by atoms with Crippen LogP contribution in [0.2, 0.25) is 10.0 Å². The van der Waals surface area contributed by atoms with E-state index in [2.05, 4.69) is 9.97 Å². The number of hydrogen-bond donors (Lipinski definition) is 1. The number of ether oxygens (including phenoxy) is 1. The molecule has 0 aliphatic heterocycles. The summed E-state index contributed by atoms with van der Waals surface area (Å²) >= 11 is 12.1. The van der Waals surface area contributed by atoms with Gasteiger partial charge in [0.25, 0.3) is 5.78 Å². The van der Waals surface area contributed by atoms with Gasteiger partial charge in [0, 0.05) is 17.3 Å². The molecule has 0 aliphatic rings. The maximum atomic E-state index is 12.2. The van der Waals surface area contributed by atoms with Crippen LogP contribution in [-0.2, 0) is 11.3 Å². The molecule has 0 radical (unpaired) electrons. The van der Waals surface area contributed by atoms with Crippen molar-refractivity contribution in [1.29, 1.82) is 0 Å². The lowest BCUT2D eigenvalue weighted by Gasteiger charge is -2.09. The van der Waals surface area contributed by atoms with Crippen LogP contribution in [0.1, 0.15) is 21.7 Å². The molecule has 0 aliphatic carbocycles. The van der Waals surface area contributed by atoms with Crippen LogP contribution in [-0.4, -0.2) is 38.5 Å². The lowest BCUT2D eigenvalue weighted by atomic mass is 10.1. The van der Waals surface area contributed by atoms with Gasteiger partial charge >= 0.3 is 5.97 Å². The van der Waals surface area contributed by atoms with Crippen molar-refractivity contribution in [2.75, 3.05) is 7.11 Å². The summed E-state index contributed by atoms with van der Waals surface area (Å²) in [6.07, 6.45) is 2.95. The fraction of sp³-hybridized carbons (Fsp3) is 0.176. The fourth-order valence-corrected chi connectivity index (χ4v) is 3.17. The standard InChI is InChI=1S/C17H13Cl2N3O4/c1-8-14(15(23)17(24)25)11-4-10(26-2)6-21-16(11)22(8)7-13-12(19)3-9(18)5-20-13/h3-6H,7H2,1-2H3,(H,24,25). The molecule has 0 fully saturated rings. The molecule has 0 saturated carbocycles. The summed E-state index contributed by atoms with van der Waals surface area (Å²) in [6.45, 7) is 1.85. The number of carbonyl (C=O) groups excluding carboxylic acids is 1. The van der Waals surface area contributed by atoms with E-state index in [4.69, 9.17) is 33.0 Å². The summed E-state index contributed by atoms with van der Waals surface area (Å²) in [6, 6.07) is 3.14. The molecule has 26 heavy (non-hydrogen) atoms. The molecule has 9 heteroatoms. The average Bonchev–Trinajstić information content (AvgIpc) is 2.87. The largest absolute Gasteiger partial charge is 0.495 e. The maximum absolute atomic E-state index is 12.2. The van der Waals surface area contributed by atoms with Crippen molar-refractivity contribution < 1.29 is 19.4 Å². The molecule has 0 spiro atoms. The van der Waals surface area contributed by atoms with Gasteiger partial charge in [0.2, 0.25) is 0 Å². The second-order valence-electron chi connectivity index (χ2n) is 5.51. The molecular weight excluding hydrogens is 381 g/mol. The number of pyridine rings is 2. The van der Waals surface area contributed by atoms with Crippen LogP contribution < -0.4 is 4.74 Å². The van der Waals surface area contributed by atoms with E-state index in [1.54, 1.807) is 23.6 Å². The third-order valence-electron chi connectivity index (χ3n) is 3.98. The van der Waals surface area contributed by atoms with Gasteiger partial charge in [0.15, 0.2) is 0 Å². The number of carboxylic acid groups (broad SMARTS) is 1. The molecule has 3 rings (SSSR count). The number of hydrogen-bond acceptors (Lipinski definition) is 5. The molecule has 3 aromatic rings. The first-order valence-corrected chi connectivity index (χ1v) is 8.19. The summed E-state index contributed by atoms with van der Waals surface area (Å²) in [4.78, 5) is 32.0. The first-order chi connectivity index (χ1) is 12.3. The molecule has 7 nitrogen and oxygen atoms in total. The minimum Gasteiger partial charge on any atom is -0.495 e. The zero-order chi connectivity index (χ0) is 19.0. The van der Waals surface area contributed by atoms with Gasteiger partial charge in [-0.15, -0.1) is 0 Å². The number of Topliss-reactive ketones (excluding diaryl/α,β-unsaturated/α-hetero) is 1. The Labute approximate surface area is 158 Å². The lowest BCUT2D eigenvalue weighted by Crippen LogP contribution is -2.14. The van der Waals surface area contributed by atoms with E-state index in [1.165, 1.54) is 19.5 Å². The summed E-state index contributed by atoms with van der Waals surface area (Å²) in [5.74, 6) is -2.15. The Morgan fingerprint density at radius 1 is 1.23 bits per heavy atom. The van der Waals surface area contributed by atoms with Crippen molar-refractivity contribution in [3.63, 3.8) is 0 Å². The Hall–Kier alpha value is -2.64. The number of rotatable bonds is 5. The van der Waals surface area contributed by atoms with Crippen molar-refractivity contribution in [2.24, 2.45) is 0 Å². The first kappa shape index (κ1) is 18.2. The predicted octanol–water partition coefficient (Wildman–Crippen LogP) is 3.37. The third kappa shape index (κ3) is 3.11. The van der Waals surface area contributed by atoms with Crippen molar-refractivity contribution in [1.82, 2.24) is 14.5 Å². The van der Waals surface area contributed by atoms with Gasteiger partial charge in [-0.2, -0.15) is 0 Å². The highest BCUT2D eigenvalue weighted by Crippen LogP contribution is 2.30. The summed E-state index contributed by atoms with van der Waals surface area (Å²) < 4.78 is 6.83. The minimum atomic E-state index is -1.54. The molecule has 3 aromatic heterocycles. The Kier molecular flexibility index (Phi) is 4.84. The number of halogens is 2. The van der Waals surface area contributed by atoms with E-state index in [0.29, 0.717) is 38.2 Å². The van der Waals surface area contributed by atoms with Crippen LogP contribution in [0.5, 0.6) is 5.75 Å². The van der Waals surface area contributed by atoms with Crippen LogP contribution >= 0.6 is 23.2 Å². The monoisotopic (exact) mass is 393 g/mol. The number of ketones is 1. The number of nitrogens with zero attached hydrogens (tertiary/aromatic N) is 3. The van der Waals surface area contributed by atoms with E-state index >= 15 is 0 Å². The minimum absolute atomic E-state index is 0.0592. The molecule has 0 amide bonds. The quantitative estimate of drug-likeness (QED) is 0.527. The van der Waals surface area contributed by atoms with Gasteiger partial charge in [-0.05, 0) is 19.1 Å². The molecule has 0 bridgehead atoms. The second kappa shape index (κ2) is 6.93. The van der Waals surface area contributed by atoms with E-state index in [9.17, 15) is 9.59 Å². The molecule has 1 N–H and O–H groups in total. The van der Waals surface area contributed by atoms with Gasteiger partial charge in [-0.1, -0.05) is 23.2 Å². The van der Waals surface area contributed by atoms with Gasteiger partial charge < -0.3 is 14.4 Å². The Morgan fingerprint density at radius 2 is 1.96 bits per heavy atom. The highest BCUT2D eigenvalue weighted by atomic mass is 35.5. The molecule has 3 heterocycles. The van der Waals surface area contributed by atoms with Crippen molar-refractivity contribution in [2.45, 2.75) is 13.5 Å². The Balaban J connectivity index is 2.23. The fourth-order valence-electron chi connectivity index (χ4n) is 2.73. The third-order valence-corrected chi connectivity index (χ3v) is 4.52. The summed E-state index contributed by atoms with van der Waals surface area (Å²) in [5, 5.41) is 10.3. The zero-order valence-corrected chi connectivity index (χ0v) is 15.3. The van der Waals surface area contributed by atoms with Crippen LogP contribution in [0.4, 0.5) is 0 Å². The maximum Gasteiger partial charge on any atom is 0.377 e. The number of aromatic nitrogens is 3. The number of carboxylic acids is 1. The smallest absolute Gasteiger partial charge is 0.377 e. The van der Waals surface area contributed by atoms with Crippen molar-refractivity contribution >= 4 is 46.0 Å². The Bertz CT molecular complexity index is 1050. The molecule has 134 valence electrons. The van der Waals surface area contributed by atoms with E-state index in [0.717, 1.165) is 0 Å².